The average molecular weight is 367 g/mol. The van der Waals surface area contributed by atoms with Gasteiger partial charge < -0.3 is 10.1 Å². The van der Waals surface area contributed by atoms with Crippen LogP contribution in [0.5, 0.6) is 0 Å². The molecule has 0 aliphatic carbocycles. The molecule has 0 unspecified atom stereocenters. The van der Waals surface area contributed by atoms with E-state index in [1.165, 1.54) is 0 Å². The van der Waals surface area contributed by atoms with Crippen molar-refractivity contribution in [1.82, 2.24) is 10.2 Å². The zero-order valence-corrected chi connectivity index (χ0v) is 15.3. The maximum Gasteiger partial charge on any atom is 0.240 e. The van der Waals surface area contributed by atoms with E-state index in [0.29, 0.717) is 6.54 Å². The molecule has 6 heteroatoms. The number of carbonyl (C=O) groups is 2. The largest absolute Gasteiger partial charge is 0.379 e. The van der Waals surface area contributed by atoms with Crippen LogP contribution in [0, 0.1) is 0 Å². The van der Waals surface area contributed by atoms with E-state index in [1.807, 2.05) is 60.7 Å². The van der Waals surface area contributed by atoms with Crippen LogP contribution in [0.2, 0.25) is 0 Å². The number of anilines is 2. The Balaban J connectivity index is 1.58. The molecular formula is C21H25N3O3. The van der Waals surface area contributed by atoms with E-state index in [-0.39, 0.29) is 18.2 Å². The lowest BCUT2D eigenvalue weighted by Gasteiger charge is -2.26. The van der Waals surface area contributed by atoms with E-state index in [0.717, 1.165) is 44.2 Å². The van der Waals surface area contributed by atoms with Gasteiger partial charge in [0.2, 0.25) is 11.8 Å². The van der Waals surface area contributed by atoms with Gasteiger partial charge in [-0.2, -0.15) is 0 Å². The Morgan fingerprint density at radius 2 is 1.48 bits per heavy atom. The van der Waals surface area contributed by atoms with Crippen LogP contribution in [0.25, 0.3) is 0 Å². The quantitative estimate of drug-likeness (QED) is 0.762. The number of benzene rings is 2. The highest BCUT2D eigenvalue weighted by Gasteiger charge is 2.20. The number of amides is 2. The number of nitrogens with one attached hydrogen (secondary N) is 1. The fraction of sp³-hybridized carbons (Fsp3) is 0.333. The summed E-state index contributed by atoms with van der Waals surface area (Å²) in [6.45, 7) is 4.52. The molecule has 2 aromatic carbocycles. The van der Waals surface area contributed by atoms with Crippen molar-refractivity contribution in [2.24, 2.45) is 0 Å². The van der Waals surface area contributed by atoms with Crippen LogP contribution < -0.4 is 10.2 Å². The van der Waals surface area contributed by atoms with Gasteiger partial charge in [-0.3, -0.25) is 19.4 Å². The zero-order chi connectivity index (χ0) is 18.9. The molecule has 0 bridgehead atoms. The van der Waals surface area contributed by atoms with Gasteiger partial charge >= 0.3 is 0 Å². The standard InChI is InChI=1S/C21H25N3O3/c25-20(22-11-12-23-13-15-27-16-14-23)17-21(26)24(18-7-3-1-4-8-18)19-9-5-2-6-10-19/h1-10H,11-17H2,(H,22,25). The topological polar surface area (TPSA) is 61.9 Å². The molecule has 6 nitrogen and oxygen atoms in total. The van der Waals surface area contributed by atoms with Crippen LogP contribution in [0.3, 0.4) is 0 Å². The molecule has 0 spiro atoms. The molecule has 0 saturated carbocycles. The third kappa shape index (κ3) is 5.64. The van der Waals surface area contributed by atoms with E-state index in [9.17, 15) is 9.59 Å². The smallest absolute Gasteiger partial charge is 0.240 e. The average Bonchev–Trinajstić information content (AvgIpc) is 2.70. The molecule has 0 aromatic heterocycles. The molecule has 1 aliphatic rings. The summed E-state index contributed by atoms with van der Waals surface area (Å²) in [6.07, 6.45) is -0.188. The lowest BCUT2D eigenvalue weighted by atomic mass is 10.2. The molecule has 3 rings (SSSR count). The first-order chi connectivity index (χ1) is 13.2. The van der Waals surface area contributed by atoms with Crippen molar-refractivity contribution in [2.45, 2.75) is 6.42 Å². The van der Waals surface area contributed by atoms with Gasteiger partial charge in [0, 0.05) is 37.6 Å². The highest BCUT2D eigenvalue weighted by atomic mass is 16.5. The van der Waals surface area contributed by atoms with Crippen molar-refractivity contribution in [3.05, 3.63) is 60.7 Å². The lowest BCUT2D eigenvalue weighted by molar-refractivity contribution is -0.127. The van der Waals surface area contributed by atoms with Gasteiger partial charge in [0.25, 0.3) is 0 Å². The number of hydrogen-bond donors (Lipinski definition) is 1. The second-order valence-electron chi connectivity index (χ2n) is 6.38. The van der Waals surface area contributed by atoms with Gasteiger partial charge in [0.15, 0.2) is 0 Å². The van der Waals surface area contributed by atoms with Crippen LogP contribution >= 0.6 is 0 Å². The number of carbonyl (C=O) groups excluding carboxylic acids is 2. The molecule has 1 fully saturated rings. The molecule has 27 heavy (non-hydrogen) atoms. The Hall–Kier alpha value is -2.70. The van der Waals surface area contributed by atoms with E-state index < -0.39 is 0 Å². The predicted octanol–water partition coefficient (Wildman–Crippen LogP) is 2.19. The lowest BCUT2D eigenvalue weighted by Crippen LogP contribution is -2.42. The second kappa shape index (κ2) is 9.85. The summed E-state index contributed by atoms with van der Waals surface area (Å²) < 4.78 is 5.31. The monoisotopic (exact) mass is 367 g/mol. The van der Waals surface area contributed by atoms with E-state index in [4.69, 9.17) is 4.74 Å². The fourth-order valence-corrected chi connectivity index (χ4v) is 3.05. The molecule has 142 valence electrons. The predicted molar refractivity (Wildman–Crippen MR) is 105 cm³/mol. The molecular weight excluding hydrogens is 342 g/mol. The summed E-state index contributed by atoms with van der Waals surface area (Å²) in [5.74, 6) is -0.513. The minimum absolute atomic E-state index is 0.188. The Bertz CT molecular complexity index is 691. The number of hydrogen-bond acceptors (Lipinski definition) is 4. The summed E-state index contributed by atoms with van der Waals surface area (Å²) in [5, 5.41) is 2.85. The molecule has 0 atom stereocenters. The van der Waals surface area contributed by atoms with Crippen LogP contribution in [0.4, 0.5) is 11.4 Å². The minimum Gasteiger partial charge on any atom is -0.379 e. The summed E-state index contributed by atoms with van der Waals surface area (Å²) in [5.41, 5.74) is 1.49. The van der Waals surface area contributed by atoms with Crippen LogP contribution in [0.1, 0.15) is 6.42 Å². The van der Waals surface area contributed by atoms with Crippen molar-refractivity contribution < 1.29 is 14.3 Å². The third-order valence-electron chi connectivity index (χ3n) is 4.44. The zero-order valence-electron chi connectivity index (χ0n) is 15.3. The Morgan fingerprint density at radius 3 is 2.04 bits per heavy atom. The SMILES string of the molecule is O=C(CC(=O)N(c1ccccc1)c1ccccc1)NCCN1CCOCC1. The maximum absolute atomic E-state index is 12.9. The second-order valence-corrected chi connectivity index (χ2v) is 6.38. The molecule has 1 heterocycles. The minimum atomic E-state index is -0.259. The highest BCUT2D eigenvalue weighted by Crippen LogP contribution is 2.25. The number of para-hydroxylation sites is 2. The highest BCUT2D eigenvalue weighted by molar-refractivity contribution is 6.09. The summed E-state index contributed by atoms with van der Waals surface area (Å²) in [6, 6.07) is 18.7. The van der Waals surface area contributed by atoms with Crippen LogP contribution in [-0.4, -0.2) is 56.1 Å². The number of morpholine rings is 1. The fourth-order valence-electron chi connectivity index (χ4n) is 3.05. The first kappa shape index (κ1) is 19.1. The molecule has 1 saturated heterocycles. The van der Waals surface area contributed by atoms with Crippen molar-refractivity contribution in [3.8, 4) is 0 Å². The Labute approximate surface area is 159 Å². The first-order valence-electron chi connectivity index (χ1n) is 9.24. The molecule has 2 amide bonds. The van der Waals surface area contributed by atoms with E-state index in [2.05, 4.69) is 10.2 Å². The number of nitrogens with zero attached hydrogens (tertiary/aromatic N) is 2. The van der Waals surface area contributed by atoms with Gasteiger partial charge in [0.05, 0.1) is 13.2 Å². The summed E-state index contributed by atoms with van der Waals surface area (Å²) in [4.78, 5) is 28.9. The molecule has 2 aromatic rings. The molecule has 1 aliphatic heterocycles. The van der Waals surface area contributed by atoms with Crippen LogP contribution in [0.15, 0.2) is 60.7 Å². The van der Waals surface area contributed by atoms with Crippen molar-refractivity contribution in [2.75, 3.05) is 44.3 Å². The number of ether oxygens (including phenoxy) is 1. The first-order valence-corrected chi connectivity index (χ1v) is 9.24. The maximum atomic E-state index is 12.9. The van der Waals surface area contributed by atoms with E-state index >= 15 is 0 Å². The van der Waals surface area contributed by atoms with Gasteiger partial charge in [-0.05, 0) is 24.3 Å². The van der Waals surface area contributed by atoms with Crippen molar-refractivity contribution in [3.63, 3.8) is 0 Å². The van der Waals surface area contributed by atoms with Gasteiger partial charge in [-0.15, -0.1) is 0 Å². The van der Waals surface area contributed by atoms with Crippen molar-refractivity contribution in [1.29, 1.82) is 0 Å². The van der Waals surface area contributed by atoms with Gasteiger partial charge in [-0.1, -0.05) is 36.4 Å². The van der Waals surface area contributed by atoms with Gasteiger partial charge in [0.1, 0.15) is 6.42 Å². The molecule has 0 radical (unpaired) electrons. The summed E-state index contributed by atoms with van der Waals surface area (Å²) >= 11 is 0. The van der Waals surface area contributed by atoms with E-state index in [1.54, 1.807) is 4.90 Å². The normalized spacial score (nSPS) is 14.5. The molecule has 1 N–H and O–H groups in total. The Morgan fingerprint density at radius 1 is 0.926 bits per heavy atom. The van der Waals surface area contributed by atoms with Crippen molar-refractivity contribution >= 4 is 23.2 Å². The summed E-state index contributed by atoms with van der Waals surface area (Å²) in [7, 11) is 0. The third-order valence-corrected chi connectivity index (χ3v) is 4.44. The van der Waals surface area contributed by atoms with Gasteiger partial charge in [-0.25, -0.2) is 0 Å². The van der Waals surface area contributed by atoms with Crippen LogP contribution in [-0.2, 0) is 14.3 Å². The Kier molecular flexibility index (Phi) is 6.96. The number of rotatable bonds is 7.